The van der Waals surface area contributed by atoms with Crippen LogP contribution in [-0.2, 0) is 19.6 Å². The molecule has 1 N–H and O–H groups in total. The van der Waals surface area contributed by atoms with Crippen molar-refractivity contribution < 1.29 is 22.7 Å². The summed E-state index contributed by atoms with van der Waals surface area (Å²) in [7, 11) is -2.54. The lowest BCUT2D eigenvalue weighted by Gasteiger charge is -2.27. The van der Waals surface area contributed by atoms with Gasteiger partial charge in [0.2, 0.25) is 15.9 Å². The van der Waals surface area contributed by atoms with E-state index in [4.69, 9.17) is 4.74 Å². The molecule has 154 valence electrons. The highest BCUT2D eigenvalue weighted by molar-refractivity contribution is 7.89. The lowest BCUT2D eigenvalue weighted by Crippen LogP contribution is -2.41. The van der Waals surface area contributed by atoms with Crippen LogP contribution in [0.15, 0.2) is 53.7 Å². The van der Waals surface area contributed by atoms with Crippen molar-refractivity contribution in [3.63, 3.8) is 0 Å². The lowest BCUT2D eigenvalue weighted by molar-refractivity contribution is -0.116. The van der Waals surface area contributed by atoms with Gasteiger partial charge >= 0.3 is 0 Å². The van der Waals surface area contributed by atoms with Crippen LogP contribution < -0.4 is 5.32 Å². The van der Waals surface area contributed by atoms with Crippen LogP contribution in [0.25, 0.3) is 0 Å². The number of nitrogens with one attached hydrogen (secondary N) is 1. The Bertz CT molecular complexity index is 975. The molecule has 29 heavy (non-hydrogen) atoms. The first-order valence-electron chi connectivity index (χ1n) is 9.02. The van der Waals surface area contributed by atoms with Gasteiger partial charge in [-0.05, 0) is 24.3 Å². The predicted molar refractivity (Wildman–Crippen MR) is 106 cm³/mol. The second-order valence-electron chi connectivity index (χ2n) is 6.45. The van der Waals surface area contributed by atoms with Crippen LogP contribution in [0.3, 0.4) is 0 Å². The topological polar surface area (TPSA) is 109 Å². The van der Waals surface area contributed by atoms with Gasteiger partial charge in [0, 0.05) is 32.5 Å². The summed E-state index contributed by atoms with van der Waals surface area (Å²) < 4.78 is 31.3. The van der Waals surface area contributed by atoms with Gasteiger partial charge < -0.3 is 15.0 Å². The van der Waals surface area contributed by atoms with Crippen molar-refractivity contribution in [1.29, 1.82) is 0 Å². The molecule has 1 aliphatic heterocycles. The Hall–Kier alpha value is -2.82. The number of morpholine rings is 1. The standard InChI is InChI=1S/C19H22N4O5S/c1-22(29(26,27)15-5-4-8-20-13-15)14-18(24)21-17-7-3-2-6-16(17)19(25)23-9-11-28-12-10-23/h2-8,13H,9-12,14H2,1H3,(H,21,24). The molecular formula is C19H22N4O5S. The number of sulfonamides is 1. The highest BCUT2D eigenvalue weighted by Gasteiger charge is 2.25. The number of nitrogens with zero attached hydrogens (tertiary/aromatic N) is 3. The van der Waals surface area contributed by atoms with E-state index in [0.29, 0.717) is 37.6 Å². The second-order valence-corrected chi connectivity index (χ2v) is 8.49. The van der Waals surface area contributed by atoms with Gasteiger partial charge in [0.1, 0.15) is 4.90 Å². The minimum Gasteiger partial charge on any atom is -0.378 e. The molecule has 1 aromatic heterocycles. The zero-order valence-corrected chi connectivity index (χ0v) is 16.8. The molecule has 1 aromatic carbocycles. The Morgan fingerprint density at radius 3 is 2.59 bits per heavy atom. The first kappa shape index (κ1) is 20.9. The maximum Gasteiger partial charge on any atom is 0.256 e. The normalized spacial score (nSPS) is 14.6. The molecule has 10 heteroatoms. The molecule has 1 fully saturated rings. The SMILES string of the molecule is CN(CC(=O)Nc1ccccc1C(=O)N1CCOCC1)S(=O)(=O)c1cccnc1. The van der Waals surface area contributed by atoms with E-state index in [1.165, 1.54) is 31.6 Å². The smallest absolute Gasteiger partial charge is 0.256 e. The van der Waals surface area contributed by atoms with Gasteiger partial charge in [-0.1, -0.05) is 12.1 Å². The van der Waals surface area contributed by atoms with Gasteiger partial charge in [-0.15, -0.1) is 0 Å². The third-order valence-electron chi connectivity index (χ3n) is 4.44. The van der Waals surface area contributed by atoms with Crippen molar-refractivity contribution in [1.82, 2.24) is 14.2 Å². The summed E-state index contributed by atoms with van der Waals surface area (Å²) in [6.45, 7) is 1.49. The molecule has 0 unspecified atom stereocenters. The third kappa shape index (κ3) is 4.97. The Morgan fingerprint density at radius 2 is 1.90 bits per heavy atom. The molecule has 0 bridgehead atoms. The number of pyridine rings is 1. The highest BCUT2D eigenvalue weighted by Crippen LogP contribution is 2.19. The molecular weight excluding hydrogens is 396 g/mol. The van der Waals surface area contributed by atoms with E-state index in [0.717, 1.165) is 4.31 Å². The molecule has 2 aromatic rings. The Labute approximate surface area is 169 Å². The number of rotatable bonds is 6. The number of amides is 2. The van der Waals surface area contributed by atoms with Gasteiger partial charge in [0.15, 0.2) is 0 Å². The number of carbonyl (C=O) groups is 2. The first-order valence-corrected chi connectivity index (χ1v) is 10.5. The van der Waals surface area contributed by atoms with Crippen molar-refractivity contribution in [2.24, 2.45) is 0 Å². The summed E-state index contributed by atoms with van der Waals surface area (Å²) in [5, 5.41) is 2.65. The van der Waals surface area contributed by atoms with Crippen LogP contribution in [0.2, 0.25) is 0 Å². The minimum absolute atomic E-state index is 0.00167. The summed E-state index contributed by atoms with van der Waals surface area (Å²) >= 11 is 0. The van der Waals surface area contributed by atoms with Gasteiger partial charge in [0.25, 0.3) is 5.91 Å². The molecule has 0 aliphatic carbocycles. The van der Waals surface area contributed by atoms with Gasteiger partial charge in [-0.25, -0.2) is 8.42 Å². The number of aromatic nitrogens is 1. The quantitative estimate of drug-likeness (QED) is 0.744. The van der Waals surface area contributed by atoms with Crippen molar-refractivity contribution >= 4 is 27.5 Å². The molecule has 1 saturated heterocycles. The van der Waals surface area contributed by atoms with E-state index in [1.807, 2.05) is 0 Å². The predicted octanol–water partition coefficient (Wildman–Crippen LogP) is 0.813. The maximum absolute atomic E-state index is 12.8. The number of anilines is 1. The van der Waals surface area contributed by atoms with Crippen LogP contribution in [0.4, 0.5) is 5.69 Å². The van der Waals surface area contributed by atoms with Crippen molar-refractivity contribution in [2.75, 3.05) is 45.2 Å². The minimum atomic E-state index is -3.85. The largest absolute Gasteiger partial charge is 0.378 e. The Balaban J connectivity index is 1.70. The van der Waals surface area contributed by atoms with Crippen LogP contribution in [0, 0.1) is 0 Å². The maximum atomic E-state index is 12.8. The molecule has 1 aliphatic rings. The van der Waals surface area contributed by atoms with Crippen LogP contribution in [-0.4, -0.2) is 74.3 Å². The fourth-order valence-corrected chi connectivity index (χ4v) is 3.96. The molecule has 2 amide bonds. The first-order chi connectivity index (χ1) is 13.9. The second kappa shape index (κ2) is 9.12. The molecule has 9 nitrogen and oxygen atoms in total. The average molecular weight is 418 g/mol. The molecule has 0 spiro atoms. The summed E-state index contributed by atoms with van der Waals surface area (Å²) in [6, 6.07) is 9.57. The molecule has 0 radical (unpaired) electrons. The fourth-order valence-electron chi connectivity index (χ4n) is 2.87. The number of ether oxygens (including phenoxy) is 1. The molecule has 0 atom stereocenters. The highest BCUT2D eigenvalue weighted by atomic mass is 32.2. The molecule has 0 saturated carbocycles. The summed E-state index contributed by atoms with van der Waals surface area (Å²) in [5.74, 6) is -0.761. The fraction of sp³-hybridized carbons (Fsp3) is 0.316. The van der Waals surface area contributed by atoms with Crippen LogP contribution in [0.5, 0.6) is 0 Å². The van der Waals surface area contributed by atoms with E-state index in [1.54, 1.807) is 29.2 Å². The number of benzene rings is 1. The van der Waals surface area contributed by atoms with E-state index >= 15 is 0 Å². The number of para-hydroxylation sites is 1. The lowest BCUT2D eigenvalue weighted by atomic mass is 10.1. The zero-order valence-electron chi connectivity index (χ0n) is 15.9. The summed E-state index contributed by atoms with van der Waals surface area (Å²) in [5.41, 5.74) is 0.682. The molecule has 3 rings (SSSR count). The van der Waals surface area contributed by atoms with E-state index in [2.05, 4.69) is 10.3 Å². The zero-order chi connectivity index (χ0) is 20.9. The van der Waals surface area contributed by atoms with Gasteiger partial charge in [-0.2, -0.15) is 4.31 Å². The molecule has 2 heterocycles. The van der Waals surface area contributed by atoms with Crippen LogP contribution in [0.1, 0.15) is 10.4 Å². The van der Waals surface area contributed by atoms with Crippen molar-refractivity contribution in [2.45, 2.75) is 4.90 Å². The summed E-state index contributed by atoms with van der Waals surface area (Å²) in [6.07, 6.45) is 2.69. The number of likely N-dealkylation sites (N-methyl/N-ethyl adjacent to an activating group) is 1. The third-order valence-corrected chi connectivity index (χ3v) is 6.23. The number of carbonyl (C=O) groups excluding carboxylic acids is 2. The van der Waals surface area contributed by atoms with Crippen LogP contribution >= 0.6 is 0 Å². The number of hydrogen-bond acceptors (Lipinski definition) is 6. The van der Waals surface area contributed by atoms with E-state index < -0.39 is 22.5 Å². The average Bonchev–Trinajstić information content (AvgIpc) is 2.74. The van der Waals surface area contributed by atoms with E-state index in [9.17, 15) is 18.0 Å². The summed E-state index contributed by atoms with van der Waals surface area (Å²) in [4.78, 5) is 30.7. The number of hydrogen-bond donors (Lipinski definition) is 1. The Kier molecular flexibility index (Phi) is 6.57. The van der Waals surface area contributed by atoms with Crippen molar-refractivity contribution in [3.05, 3.63) is 54.4 Å². The van der Waals surface area contributed by atoms with Crippen molar-refractivity contribution in [3.8, 4) is 0 Å². The van der Waals surface area contributed by atoms with E-state index in [-0.39, 0.29) is 10.8 Å². The van der Waals surface area contributed by atoms with Gasteiger partial charge in [-0.3, -0.25) is 14.6 Å². The Morgan fingerprint density at radius 1 is 1.17 bits per heavy atom. The monoisotopic (exact) mass is 418 g/mol. The van der Waals surface area contributed by atoms with Gasteiger partial charge in [0.05, 0.1) is 31.0 Å².